The molecule has 0 aliphatic carbocycles. The molecule has 0 spiro atoms. The zero-order chi connectivity index (χ0) is 11.6. The molecule has 1 rings (SSSR count). The van der Waals surface area contributed by atoms with E-state index in [2.05, 4.69) is 4.74 Å². The summed E-state index contributed by atoms with van der Waals surface area (Å²) in [6, 6.07) is 1.86. The predicted octanol–water partition coefficient (Wildman–Crippen LogP) is 0.807. The van der Waals surface area contributed by atoms with E-state index < -0.39 is 34.6 Å². The number of rotatable bonds is 3. The Bertz CT molecular complexity index is 427. The van der Waals surface area contributed by atoms with Gasteiger partial charge in [-0.2, -0.15) is 4.39 Å². The molecule has 1 aromatic carbocycles. The quantitative estimate of drug-likeness (QED) is 0.574. The van der Waals surface area contributed by atoms with Crippen LogP contribution in [0.25, 0.3) is 0 Å². The van der Waals surface area contributed by atoms with Gasteiger partial charge in [-0.1, -0.05) is 0 Å². The number of halogens is 1. The molecule has 0 saturated carbocycles. The van der Waals surface area contributed by atoms with Crippen LogP contribution in [0.2, 0.25) is 0 Å². The van der Waals surface area contributed by atoms with Crippen LogP contribution in [0.1, 0.15) is 10.4 Å². The first kappa shape index (κ1) is 11.0. The number of carboxylic acids is 1. The number of aliphatic carboxylic acids is 1. The zero-order valence-electron chi connectivity index (χ0n) is 7.65. The summed E-state index contributed by atoms with van der Waals surface area (Å²) in [5, 5.41) is 17.4. The second kappa shape index (κ2) is 3.95. The Labute approximate surface area is 83.7 Å². The van der Waals surface area contributed by atoms with Crippen molar-refractivity contribution in [2.45, 2.75) is 0 Å². The molecule has 0 fully saturated rings. The van der Waals surface area contributed by atoms with E-state index in [1.54, 1.807) is 0 Å². The fraction of sp³-hybridized carbons (Fsp3) is 0.111. The highest BCUT2D eigenvalue weighted by Crippen LogP contribution is 2.29. The van der Waals surface area contributed by atoms with E-state index in [1.165, 1.54) is 0 Å². The molecule has 0 radical (unpaired) electrons. The number of hydrogen-bond donors (Lipinski definition) is 2. The molecule has 1 aromatic rings. The molecule has 2 N–H and O–H groups in total. The van der Waals surface area contributed by atoms with Crippen LogP contribution in [-0.2, 0) is 4.79 Å². The second-order valence-electron chi connectivity index (χ2n) is 2.61. The van der Waals surface area contributed by atoms with Crippen molar-refractivity contribution in [2.24, 2.45) is 0 Å². The Hall–Kier alpha value is -2.11. The molecule has 80 valence electrons. The highest BCUT2D eigenvalue weighted by Gasteiger charge is 2.23. The average molecular weight is 214 g/mol. The third kappa shape index (κ3) is 1.88. The van der Waals surface area contributed by atoms with E-state index in [9.17, 15) is 14.0 Å². The van der Waals surface area contributed by atoms with E-state index in [-0.39, 0.29) is 0 Å². The standard InChI is InChI=1S/C9H7FO5/c1-15-8-4(7(12)9(13)14)2-3-5(11)6(8)10/h2-3,11H,1H3,(H,13,14). The molecule has 6 heteroatoms. The third-order valence-corrected chi connectivity index (χ3v) is 1.72. The molecular formula is C9H7FO5. The normalized spacial score (nSPS) is 9.73. The number of carboxylic acid groups (broad SMARTS) is 1. The smallest absolute Gasteiger partial charge is 0.377 e. The summed E-state index contributed by atoms with van der Waals surface area (Å²) in [7, 11) is 1.07. The summed E-state index contributed by atoms with van der Waals surface area (Å²) >= 11 is 0. The van der Waals surface area contributed by atoms with Gasteiger partial charge in [0.1, 0.15) is 0 Å². The van der Waals surface area contributed by atoms with Gasteiger partial charge in [0.2, 0.25) is 5.82 Å². The number of methoxy groups -OCH3 is 1. The number of carbonyl (C=O) groups excluding carboxylic acids is 1. The van der Waals surface area contributed by atoms with Crippen LogP contribution >= 0.6 is 0 Å². The number of carbonyl (C=O) groups is 2. The number of benzene rings is 1. The molecule has 0 saturated heterocycles. The predicted molar refractivity (Wildman–Crippen MR) is 46.6 cm³/mol. The van der Waals surface area contributed by atoms with Crippen molar-refractivity contribution in [3.63, 3.8) is 0 Å². The Balaban J connectivity index is 3.37. The van der Waals surface area contributed by atoms with Crippen molar-refractivity contribution < 1.29 is 28.9 Å². The number of ether oxygens (including phenoxy) is 1. The summed E-state index contributed by atoms with van der Waals surface area (Å²) in [5.41, 5.74) is -0.444. The number of hydrogen-bond acceptors (Lipinski definition) is 4. The van der Waals surface area contributed by atoms with Gasteiger partial charge in [-0.3, -0.25) is 4.79 Å². The van der Waals surface area contributed by atoms with Crippen LogP contribution in [0.15, 0.2) is 12.1 Å². The molecule has 5 nitrogen and oxygen atoms in total. The van der Waals surface area contributed by atoms with Gasteiger partial charge in [-0.05, 0) is 12.1 Å². The van der Waals surface area contributed by atoms with E-state index >= 15 is 0 Å². The SMILES string of the molecule is COc1c(C(=O)C(=O)O)ccc(O)c1F. The Kier molecular flexibility index (Phi) is 2.89. The maximum absolute atomic E-state index is 13.2. The topological polar surface area (TPSA) is 83.8 Å². The van der Waals surface area contributed by atoms with Gasteiger partial charge in [0.05, 0.1) is 12.7 Å². The summed E-state index contributed by atoms with van der Waals surface area (Å²) < 4.78 is 17.7. The van der Waals surface area contributed by atoms with Crippen molar-refractivity contribution in [3.8, 4) is 11.5 Å². The minimum atomic E-state index is -1.72. The van der Waals surface area contributed by atoms with Crippen LogP contribution in [-0.4, -0.2) is 29.1 Å². The molecule has 0 unspecified atom stereocenters. The molecule has 0 atom stereocenters. The van der Waals surface area contributed by atoms with E-state index in [1.807, 2.05) is 0 Å². The van der Waals surface area contributed by atoms with Crippen molar-refractivity contribution in [1.82, 2.24) is 0 Å². The number of Topliss-reactive ketones (excluding diaryl/α,β-unsaturated/α-hetero) is 1. The first-order valence-corrected chi connectivity index (χ1v) is 3.82. The average Bonchev–Trinajstić information content (AvgIpc) is 2.20. The number of ketones is 1. The molecular weight excluding hydrogens is 207 g/mol. The largest absolute Gasteiger partial charge is 0.505 e. The first-order valence-electron chi connectivity index (χ1n) is 3.82. The highest BCUT2D eigenvalue weighted by atomic mass is 19.1. The summed E-state index contributed by atoms with van der Waals surface area (Å²) in [6.07, 6.45) is 0. The lowest BCUT2D eigenvalue weighted by Crippen LogP contribution is -2.14. The van der Waals surface area contributed by atoms with Crippen molar-refractivity contribution in [3.05, 3.63) is 23.5 Å². The Morgan fingerprint density at radius 3 is 2.47 bits per heavy atom. The zero-order valence-corrected chi connectivity index (χ0v) is 7.65. The van der Waals surface area contributed by atoms with Crippen LogP contribution in [0, 0.1) is 5.82 Å². The highest BCUT2D eigenvalue weighted by molar-refractivity contribution is 6.40. The van der Waals surface area contributed by atoms with Crippen LogP contribution in [0.5, 0.6) is 11.5 Å². The summed E-state index contributed by atoms with van der Waals surface area (Å²) in [4.78, 5) is 21.4. The van der Waals surface area contributed by atoms with E-state index in [0.717, 1.165) is 19.2 Å². The second-order valence-corrected chi connectivity index (χ2v) is 2.61. The van der Waals surface area contributed by atoms with Crippen molar-refractivity contribution >= 4 is 11.8 Å². The van der Waals surface area contributed by atoms with Gasteiger partial charge in [0.15, 0.2) is 11.5 Å². The number of phenols is 1. The van der Waals surface area contributed by atoms with Gasteiger partial charge in [0, 0.05) is 0 Å². The van der Waals surface area contributed by atoms with Crippen LogP contribution in [0.4, 0.5) is 4.39 Å². The Morgan fingerprint density at radius 1 is 1.40 bits per heavy atom. The van der Waals surface area contributed by atoms with Crippen molar-refractivity contribution in [2.75, 3.05) is 7.11 Å². The monoisotopic (exact) mass is 214 g/mol. The molecule has 0 bridgehead atoms. The molecule has 0 amide bonds. The van der Waals surface area contributed by atoms with Crippen molar-refractivity contribution in [1.29, 1.82) is 0 Å². The molecule has 0 aliphatic heterocycles. The van der Waals surface area contributed by atoms with Crippen LogP contribution < -0.4 is 4.74 Å². The maximum Gasteiger partial charge on any atom is 0.377 e. The van der Waals surface area contributed by atoms with Gasteiger partial charge >= 0.3 is 5.97 Å². The lowest BCUT2D eigenvalue weighted by atomic mass is 10.1. The lowest BCUT2D eigenvalue weighted by Gasteiger charge is -2.07. The number of phenolic OH excluding ortho intramolecular Hbond substituents is 1. The summed E-state index contributed by atoms with van der Waals surface area (Å²) in [5.74, 6) is -5.48. The molecule has 0 heterocycles. The maximum atomic E-state index is 13.2. The van der Waals surface area contributed by atoms with Gasteiger partial charge in [-0.15, -0.1) is 0 Å². The number of aromatic hydroxyl groups is 1. The molecule has 0 aromatic heterocycles. The van der Waals surface area contributed by atoms with E-state index in [4.69, 9.17) is 10.2 Å². The van der Waals surface area contributed by atoms with E-state index in [0.29, 0.717) is 0 Å². The first-order chi connectivity index (χ1) is 6.99. The van der Waals surface area contributed by atoms with Gasteiger partial charge < -0.3 is 14.9 Å². The van der Waals surface area contributed by atoms with Crippen LogP contribution in [0.3, 0.4) is 0 Å². The third-order valence-electron chi connectivity index (χ3n) is 1.72. The minimum absolute atomic E-state index is 0.444. The Morgan fingerprint density at radius 2 is 2.00 bits per heavy atom. The molecule has 0 aliphatic rings. The fourth-order valence-electron chi connectivity index (χ4n) is 1.04. The lowest BCUT2D eigenvalue weighted by molar-refractivity contribution is -0.131. The summed E-state index contributed by atoms with van der Waals surface area (Å²) in [6.45, 7) is 0. The minimum Gasteiger partial charge on any atom is -0.505 e. The van der Waals surface area contributed by atoms with Gasteiger partial charge in [0.25, 0.3) is 5.78 Å². The fourth-order valence-corrected chi connectivity index (χ4v) is 1.04. The van der Waals surface area contributed by atoms with Gasteiger partial charge in [-0.25, -0.2) is 4.79 Å². The molecule has 15 heavy (non-hydrogen) atoms.